The number of hydrogen-bond donors (Lipinski definition) is 5. The summed E-state index contributed by atoms with van der Waals surface area (Å²) in [5.41, 5.74) is -1.95. The molecule has 3 aromatic heterocycles. The summed E-state index contributed by atoms with van der Waals surface area (Å²) in [6, 6.07) is 2.80. The standard InChI is InChI=1S/C28H28ClF5N10O4/c29-22-16(27(47)38-6-5-36-11-21(46)40-15-3-4-35-9-15)1-2-18(23(22)48-14-45)41-25-26-39-10-19(44(26)8-7-37-25)17-12-43(13-20(30)31)42-24(17)28(32,33)34/h1-2,7-8,10,12,14-15,20,35-36H,3-6,9,11,13H2,(H,37,41)(H,38,47)(H,40,46)/t15-/m1/s1. The summed E-state index contributed by atoms with van der Waals surface area (Å²) in [6.07, 6.45) is -2.53. The first kappa shape index (κ1) is 34.5. The van der Waals surface area contributed by atoms with Gasteiger partial charge in [-0.15, -0.1) is 0 Å². The van der Waals surface area contributed by atoms with Crippen LogP contribution in [-0.4, -0.2) is 87.6 Å². The van der Waals surface area contributed by atoms with Crippen LogP contribution in [0.15, 0.2) is 36.9 Å². The van der Waals surface area contributed by atoms with Gasteiger partial charge in [-0.25, -0.2) is 18.7 Å². The molecule has 0 aliphatic carbocycles. The summed E-state index contributed by atoms with van der Waals surface area (Å²) >= 11 is 6.45. The van der Waals surface area contributed by atoms with Crippen molar-refractivity contribution in [1.29, 1.82) is 0 Å². The Hall–Kier alpha value is -4.88. The first-order valence-corrected chi connectivity index (χ1v) is 14.8. The summed E-state index contributed by atoms with van der Waals surface area (Å²) in [5, 5.41) is 17.6. The molecule has 5 rings (SSSR count). The Kier molecular flexibility index (Phi) is 10.7. The Bertz CT molecular complexity index is 1790. The molecule has 1 aliphatic heterocycles. The number of carbonyl (C=O) groups is 3. The molecule has 256 valence electrons. The van der Waals surface area contributed by atoms with Gasteiger partial charge in [0.25, 0.3) is 18.8 Å². The zero-order chi connectivity index (χ0) is 34.4. The van der Waals surface area contributed by atoms with Crippen LogP contribution >= 0.6 is 11.6 Å². The fraction of sp³-hybridized carbons (Fsp3) is 0.357. The number of amides is 2. The molecule has 0 radical (unpaired) electrons. The van der Waals surface area contributed by atoms with Gasteiger partial charge in [0, 0.05) is 44.3 Å². The monoisotopic (exact) mass is 698 g/mol. The van der Waals surface area contributed by atoms with Crippen molar-refractivity contribution in [2.24, 2.45) is 0 Å². The van der Waals surface area contributed by atoms with E-state index in [1.807, 2.05) is 0 Å². The van der Waals surface area contributed by atoms with E-state index in [1.54, 1.807) is 0 Å². The number of halogens is 6. The molecular formula is C28H28ClF5N10O4. The molecule has 4 heterocycles. The zero-order valence-corrected chi connectivity index (χ0v) is 25.5. The second-order valence-electron chi connectivity index (χ2n) is 10.4. The van der Waals surface area contributed by atoms with Crippen LogP contribution in [0, 0.1) is 0 Å². The molecule has 0 bridgehead atoms. The summed E-state index contributed by atoms with van der Waals surface area (Å²) in [4.78, 5) is 44.5. The van der Waals surface area contributed by atoms with E-state index >= 15 is 0 Å². The number of alkyl halides is 5. The number of anilines is 2. The van der Waals surface area contributed by atoms with Crippen LogP contribution in [0.5, 0.6) is 5.75 Å². The number of ether oxygens (including phenoxy) is 1. The fourth-order valence-corrected chi connectivity index (χ4v) is 5.29. The smallest absolute Gasteiger partial charge is 0.425 e. The van der Waals surface area contributed by atoms with E-state index < -0.39 is 36.3 Å². The van der Waals surface area contributed by atoms with Gasteiger partial charge >= 0.3 is 6.18 Å². The fourth-order valence-electron chi connectivity index (χ4n) is 5.00. The summed E-state index contributed by atoms with van der Waals surface area (Å²) in [7, 11) is 0. The minimum Gasteiger partial charge on any atom is -0.425 e. The highest BCUT2D eigenvalue weighted by Gasteiger charge is 2.38. The largest absolute Gasteiger partial charge is 0.435 e. The highest BCUT2D eigenvalue weighted by molar-refractivity contribution is 6.36. The number of benzene rings is 1. The van der Waals surface area contributed by atoms with Gasteiger partial charge in [0.1, 0.15) is 6.54 Å². The molecule has 14 nitrogen and oxygen atoms in total. The molecule has 48 heavy (non-hydrogen) atoms. The van der Waals surface area contributed by atoms with Crippen LogP contribution in [0.3, 0.4) is 0 Å². The van der Waals surface area contributed by atoms with Crippen LogP contribution < -0.4 is 31.3 Å². The summed E-state index contributed by atoms with van der Waals surface area (Å²) in [5.74, 6) is -1.03. The average molecular weight is 699 g/mol. The third-order valence-corrected chi connectivity index (χ3v) is 7.49. The predicted molar refractivity (Wildman–Crippen MR) is 161 cm³/mol. The number of carbonyl (C=O) groups excluding carboxylic acids is 3. The molecule has 0 unspecified atom stereocenters. The van der Waals surface area contributed by atoms with E-state index in [9.17, 15) is 36.3 Å². The van der Waals surface area contributed by atoms with Crippen LogP contribution in [0.4, 0.5) is 33.5 Å². The van der Waals surface area contributed by atoms with Crippen LogP contribution in [0.2, 0.25) is 5.02 Å². The minimum absolute atomic E-state index is 0.0123. The van der Waals surface area contributed by atoms with Gasteiger partial charge < -0.3 is 31.3 Å². The minimum atomic E-state index is -4.95. The lowest BCUT2D eigenvalue weighted by atomic mass is 10.1. The molecule has 5 N–H and O–H groups in total. The maximum absolute atomic E-state index is 13.8. The van der Waals surface area contributed by atoms with Crippen LogP contribution in [0.1, 0.15) is 22.5 Å². The molecule has 0 spiro atoms. The molecule has 1 aromatic carbocycles. The van der Waals surface area contributed by atoms with Gasteiger partial charge in [0.05, 0.1) is 40.3 Å². The Balaban J connectivity index is 1.31. The molecule has 2 amide bonds. The molecular weight excluding hydrogens is 671 g/mol. The molecule has 1 aliphatic rings. The highest BCUT2D eigenvalue weighted by Crippen LogP contribution is 2.39. The van der Waals surface area contributed by atoms with E-state index in [0.717, 1.165) is 31.9 Å². The number of fused-ring (bicyclic) bond motifs is 1. The third kappa shape index (κ3) is 7.97. The lowest BCUT2D eigenvalue weighted by molar-refractivity contribution is -0.141. The van der Waals surface area contributed by atoms with E-state index in [2.05, 4.69) is 41.7 Å². The number of nitrogens with zero attached hydrogens (tertiary/aromatic N) is 5. The van der Waals surface area contributed by atoms with Crippen molar-refractivity contribution in [3.63, 3.8) is 0 Å². The van der Waals surface area contributed by atoms with E-state index in [1.165, 1.54) is 28.9 Å². The molecule has 0 saturated carbocycles. The van der Waals surface area contributed by atoms with E-state index in [4.69, 9.17) is 16.3 Å². The number of rotatable bonds is 14. The van der Waals surface area contributed by atoms with Crippen LogP contribution in [-0.2, 0) is 22.3 Å². The molecule has 1 saturated heterocycles. The van der Waals surface area contributed by atoms with Gasteiger partial charge in [-0.05, 0) is 25.1 Å². The second-order valence-corrected chi connectivity index (χ2v) is 10.8. The zero-order valence-electron chi connectivity index (χ0n) is 24.8. The first-order chi connectivity index (χ1) is 23.0. The maximum Gasteiger partial charge on any atom is 0.435 e. The number of nitrogens with one attached hydrogen (secondary N) is 5. The van der Waals surface area contributed by atoms with Crippen molar-refractivity contribution in [2.45, 2.75) is 31.6 Å². The summed E-state index contributed by atoms with van der Waals surface area (Å²) in [6.45, 7) is 1.09. The van der Waals surface area contributed by atoms with Crippen molar-refractivity contribution in [3.8, 4) is 17.0 Å². The molecule has 20 heteroatoms. The highest BCUT2D eigenvalue weighted by atomic mass is 35.5. The SMILES string of the molecule is O=COc1c(Nc2nccn3c(-c4cn(CC(F)F)nc4C(F)(F)F)cnc23)ccc(C(=O)NCCNCC(=O)N[C@@H]2CCNC2)c1Cl. The van der Waals surface area contributed by atoms with E-state index in [0.29, 0.717) is 4.68 Å². The predicted octanol–water partition coefficient (Wildman–Crippen LogP) is 2.61. The number of imidazole rings is 1. The molecule has 4 aromatic rings. The normalized spacial score (nSPS) is 14.8. The number of hydrogen-bond acceptors (Lipinski definition) is 10. The molecule has 1 atom stereocenters. The van der Waals surface area contributed by atoms with Crippen molar-refractivity contribution >= 4 is 47.0 Å². The average Bonchev–Trinajstić information content (AvgIpc) is 3.79. The summed E-state index contributed by atoms with van der Waals surface area (Å²) < 4.78 is 73.9. The van der Waals surface area contributed by atoms with Gasteiger partial charge in [-0.1, -0.05) is 11.6 Å². The van der Waals surface area contributed by atoms with Crippen molar-refractivity contribution in [3.05, 3.63) is 53.2 Å². The van der Waals surface area contributed by atoms with Gasteiger partial charge in [0.15, 0.2) is 22.9 Å². The van der Waals surface area contributed by atoms with Crippen molar-refractivity contribution in [2.75, 3.05) is 38.0 Å². The first-order valence-electron chi connectivity index (χ1n) is 14.4. The molecule has 1 fully saturated rings. The lowest BCUT2D eigenvalue weighted by Crippen LogP contribution is -2.42. The van der Waals surface area contributed by atoms with Crippen molar-refractivity contribution < 1.29 is 41.1 Å². The number of aromatic nitrogens is 5. The van der Waals surface area contributed by atoms with Crippen molar-refractivity contribution in [1.82, 2.24) is 45.4 Å². The van der Waals surface area contributed by atoms with E-state index in [-0.39, 0.29) is 77.2 Å². The van der Waals surface area contributed by atoms with Crippen LogP contribution in [0.25, 0.3) is 16.9 Å². The van der Waals surface area contributed by atoms with Gasteiger partial charge in [0.2, 0.25) is 5.91 Å². The van der Waals surface area contributed by atoms with Gasteiger partial charge in [-0.3, -0.25) is 23.5 Å². The topological polar surface area (TPSA) is 169 Å². The Morgan fingerprint density at radius 1 is 1.21 bits per heavy atom. The maximum atomic E-state index is 13.8. The van der Waals surface area contributed by atoms with Gasteiger partial charge in [-0.2, -0.15) is 18.3 Å². The third-order valence-electron chi connectivity index (χ3n) is 7.12. The second kappa shape index (κ2) is 14.9. The Morgan fingerprint density at radius 3 is 2.73 bits per heavy atom. The quantitative estimate of drug-likeness (QED) is 0.0750. The lowest BCUT2D eigenvalue weighted by Gasteiger charge is -2.15. The Morgan fingerprint density at radius 2 is 2.02 bits per heavy atom. The Labute approximate surface area is 273 Å².